The topological polar surface area (TPSA) is 33.5 Å². The lowest BCUT2D eigenvalue weighted by Crippen LogP contribution is -2.25. The van der Waals surface area contributed by atoms with Crippen molar-refractivity contribution >= 4 is 44.6 Å². The van der Waals surface area contributed by atoms with Crippen LogP contribution in [-0.2, 0) is 21.7 Å². The molecule has 2 aromatic heterocycles. The quantitative estimate of drug-likeness (QED) is 0.145. The van der Waals surface area contributed by atoms with E-state index >= 15 is 0 Å². The van der Waals surface area contributed by atoms with Crippen LogP contribution in [0.25, 0.3) is 27.6 Å². The summed E-state index contributed by atoms with van der Waals surface area (Å²) in [5, 5.41) is 2.33. The predicted octanol–water partition coefficient (Wildman–Crippen LogP) is 16.5. The van der Waals surface area contributed by atoms with Gasteiger partial charge in [0.15, 0.2) is 0 Å². The fourth-order valence-corrected chi connectivity index (χ4v) is 9.84. The Morgan fingerprint density at radius 1 is 0.403 bits per heavy atom. The molecule has 67 heavy (non-hydrogen) atoms. The van der Waals surface area contributed by atoms with Crippen molar-refractivity contribution in [3.8, 4) is 17.3 Å². The van der Waals surface area contributed by atoms with Gasteiger partial charge in [0.25, 0.3) is 0 Å². The Morgan fingerprint density at radius 2 is 0.985 bits per heavy atom. The SMILES string of the molecule is CC(C)(C)c1cccc(N2CN(c3cc(Oc4ccc5c6cc(C(C)(C)c7ccccc7)ccc6n(-c6cc(C(C)(C)c7ccccc7)ccn6)c5c4)cc(C(C)(C)C)c3)c3ccccc32)c1. The number of benzene rings is 7. The van der Waals surface area contributed by atoms with Crippen LogP contribution in [-0.4, -0.2) is 16.2 Å². The fourth-order valence-electron chi connectivity index (χ4n) is 9.84. The molecule has 10 rings (SSSR count). The van der Waals surface area contributed by atoms with Crippen LogP contribution in [0.1, 0.15) is 103 Å². The Labute approximate surface area is 397 Å². The molecule has 0 radical (unpaired) electrons. The molecule has 0 saturated carbocycles. The summed E-state index contributed by atoms with van der Waals surface area (Å²) in [6.07, 6.45) is 1.96. The average molecular weight is 879 g/mol. The number of ether oxygens (including phenoxy) is 1. The fraction of sp³-hybridized carbons (Fsp3) is 0.242. The van der Waals surface area contributed by atoms with Crippen molar-refractivity contribution in [1.29, 1.82) is 0 Å². The van der Waals surface area contributed by atoms with Gasteiger partial charge in [-0.25, -0.2) is 4.98 Å². The van der Waals surface area contributed by atoms with E-state index in [1.165, 1.54) is 55.8 Å². The van der Waals surface area contributed by atoms with Gasteiger partial charge in [0.2, 0.25) is 0 Å². The van der Waals surface area contributed by atoms with Crippen LogP contribution in [0, 0.1) is 0 Å². The lowest BCUT2D eigenvalue weighted by Gasteiger charge is -2.27. The third-order valence-electron chi connectivity index (χ3n) is 14.2. The van der Waals surface area contributed by atoms with Crippen LogP contribution in [0.4, 0.5) is 22.7 Å². The molecule has 7 aromatic carbocycles. The maximum absolute atomic E-state index is 7.06. The van der Waals surface area contributed by atoms with E-state index in [2.05, 4.69) is 260 Å². The van der Waals surface area contributed by atoms with Gasteiger partial charge in [-0.2, -0.15) is 0 Å². The molecule has 0 spiro atoms. The zero-order chi connectivity index (χ0) is 46.9. The number of rotatable bonds is 9. The molecule has 5 nitrogen and oxygen atoms in total. The van der Waals surface area contributed by atoms with E-state index in [1.807, 2.05) is 6.20 Å². The number of pyridine rings is 1. The maximum atomic E-state index is 7.06. The molecular weight excluding hydrogens is 817 g/mol. The van der Waals surface area contributed by atoms with E-state index in [-0.39, 0.29) is 21.7 Å². The molecular formula is C62H62N4O. The van der Waals surface area contributed by atoms with Crippen molar-refractivity contribution in [1.82, 2.24) is 9.55 Å². The Balaban J connectivity index is 1.09. The lowest BCUT2D eigenvalue weighted by atomic mass is 9.78. The first-order valence-corrected chi connectivity index (χ1v) is 23.7. The first-order chi connectivity index (χ1) is 32.0. The van der Waals surface area contributed by atoms with Gasteiger partial charge in [0, 0.05) is 51.3 Å². The molecule has 336 valence electrons. The summed E-state index contributed by atoms with van der Waals surface area (Å²) < 4.78 is 9.38. The average Bonchev–Trinajstić information content (AvgIpc) is 3.87. The Kier molecular flexibility index (Phi) is 10.7. The van der Waals surface area contributed by atoms with Gasteiger partial charge in [-0.15, -0.1) is 0 Å². The van der Waals surface area contributed by atoms with Crippen molar-refractivity contribution in [3.05, 3.63) is 216 Å². The minimum absolute atomic E-state index is 0.0433. The Bertz CT molecular complexity index is 3280. The highest BCUT2D eigenvalue weighted by atomic mass is 16.5. The summed E-state index contributed by atoms with van der Waals surface area (Å²) >= 11 is 0. The number of nitrogens with zero attached hydrogens (tertiary/aromatic N) is 4. The number of para-hydroxylation sites is 2. The molecule has 3 heterocycles. The highest BCUT2D eigenvalue weighted by molar-refractivity contribution is 6.10. The molecule has 0 fully saturated rings. The van der Waals surface area contributed by atoms with Crippen molar-refractivity contribution in [3.63, 3.8) is 0 Å². The zero-order valence-corrected chi connectivity index (χ0v) is 40.7. The molecule has 0 unspecified atom stereocenters. The van der Waals surface area contributed by atoms with Crippen molar-refractivity contribution in [2.75, 3.05) is 16.5 Å². The van der Waals surface area contributed by atoms with Crippen LogP contribution in [0.2, 0.25) is 0 Å². The third-order valence-corrected chi connectivity index (χ3v) is 14.2. The second kappa shape index (κ2) is 16.3. The normalized spacial score (nSPS) is 13.4. The maximum Gasteiger partial charge on any atom is 0.137 e. The van der Waals surface area contributed by atoms with Crippen molar-refractivity contribution < 1.29 is 4.74 Å². The summed E-state index contributed by atoms with van der Waals surface area (Å²) in [6, 6.07) is 64.0. The van der Waals surface area contributed by atoms with Gasteiger partial charge in [-0.3, -0.25) is 4.57 Å². The van der Waals surface area contributed by atoms with Gasteiger partial charge in [-0.05, 0) is 117 Å². The molecule has 5 heteroatoms. The van der Waals surface area contributed by atoms with Gasteiger partial charge < -0.3 is 14.5 Å². The van der Waals surface area contributed by atoms with Crippen LogP contribution in [0.15, 0.2) is 182 Å². The zero-order valence-electron chi connectivity index (χ0n) is 40.7. The smallest absolute Gasteiger partial charge is 0.137 e. The summed E-state index contributed by atoms with van der Waals surface area (Å²) in [5.41, 5.74) is 13.8. The Morgan fingerprint density at radius 3 is 1.63 bits per heavy atom. The van der Waals surface area contributed by atoms with E-state index in [4.69, 9.17) is 9.72 Å². The first-order valence-electron chi connectivity index (χ1n) is 23.7. The van der Waals surface area contributed by atoms with Crippen LogP contribution < -0.4 is 14.5 Å². The molecule has 0 amide bonds. The Hall–Kier alpha value is -7.11. The van der Waals surface area contributed by atoms with Crippen LogP contribution in [0.5, 0.6) is 11.5 Å². The number of anilines is 4. The van der Waals surface area contributed by atoms with Crippen molar-refractivity contribution in [2.45, 2.75) is 90.9 Å². The molecule has 0 bridgehead atoms. The lowest BCUT2D eigenvalue weighted by molar-refractivity contribution is 0.479. The number of hydrogen-bond donors (Lipinski definition) is 0. The van der Waals surface area contributed by atoms with E-state index in [9.17, 15) is 0 Å². The molecule has 9 aromatic rings. The predicted molar refractivity (Wildman–Crippen MR) is 282 cm³/mol. The van der Waals surface area contributed by atoms with Crippen molar-refractivity contribution in [2.24, 2.45) is 0 Å². The minimum atomic E-state index is -0.238. The highest BCUT2D eigenvalue weighted by Gasteiger charge is 2.31. The largest absolute Gasteiger partial charge is 0.457 e. The molecule has 1 aliphatic heterocycles. The number of hydrogen-bond acceptors (Lipinski definition) is 4. The van der Waals surface area contributed by atoms with E-state index in [0.29, 0.717) is 6.67 Å². The second-order valence-corrected chi connectivity index (χ2v) is 21.5. The summed E-state index contributed by atoms with van der Waals surface area (Å²) in [6.45, 7) is 23.5. The molecule has 1 aliphatic rings. The molecule has 0 atom stereocenters. The third kappa shape index (κ3) is 8.05. The van der Waals surface area contributed by atoms with E-state index in [0.717, 1.165) is 39.4 Å². The van der Waals surface area contributed by atoms with Gasteiger partial charge in [0.05, 0.1) is 22.4 Å². The van der Waals surface area contributed by atoms with E-state index < -0.39 is 0 Å². The molecule has 0 aliphatic carbocycles. The summed E-state index contributed by atoms with van der Waals surface area (Å²) in [4.78, 5) is 9.94. The number of aromatic nitrogens is 2. The first kappa shape index (κ1) is 43.8. The van der Waals surface area contributed by atoms with Crippen LogP contribution >= 0.6 is 0 Å². The minimum Gasteiger partial charge on any atom is -0.457 e. The molecule has 0 saturated heterocycles. The second-order valence-electron chi connectivity index (χ2n) is 21.5. The standard InChI is InChI=1S/C62H62N4O/c1-59(2,3)44-24-19-25-48(34-44)64-41-65(56-27-18-17-26-55(56)64)49-35-47(60(4,5)6)36-51(39-49)67-50-29-30-52-53-37-45(61(7,8)42-20-13-11-14-21-42)28-31-54(53)66(57(52)40-50)58-38-46(32-33-63-58)62(9,10)43-22-15-12-16-23-43/h11-40H,41H2,1-10H3. The molecule has 0 N–H and O–H groups in total. The summed E-state index contributed by atoms with van der Waals surface area (Å²) in [5.74, 6) is 2.43. The van der Waals surface area contributed by atoms with Gasteiger partial charge in [-0.1, -0.05) is 160 Å². The van der Waals surface area contributed by atoms with Crippen LogP contribution in [0.3, 0.4) is 0 Å². The van der Waals surface area contributed by atoms with E-state index in [1.54, 1.807) is 0 Å². The van der Waals surface area contributed by atoms with Gasteiger partial charge >= 0.3 is 0 Å². The van der Waals surface area contributed by atoms with Gasteiger partial charge in [0.1, 0.15) is 24.0 Å². The monoisotopic (exact) mass is 878 g/mol. The summed E-state index contributed by atoms with van der Waals surface area (Å²) in [7, 11) is 0. The number of fused-ring (bicyclic) bond motifs is 4. The highest BCUT2D eigenvalue weighted by Crippen LogP contribution is 2.47.